The molecule has 1 fully saturated rings. The molecule has 88 valence electrons. The van der Waals surface area contributed by atoms with E-state index in [4.69, 9.17) is 0 Å². The maximum Gasteiger partial charge on any atom is 0.0610 e. The van der Waals surface area contributed by atoms with Crippen LogP contribution < -0.4 is 10.2 Å². The van der Waals surface area contributed by atoms with Crippen molar-refractivity contribution in [1.82, 2.24) is 10.3 Å². The van der Waals surface area contributed by atoms with Crippen LogP contribution >= 0.6 is 0 Å². The molecule has 1 aliphatic heterocycles. The standard InChI is InChI=1S/C13H21N3/c1-10-13(16-8-6-14-7-9-16)11-4-2-3-5-12(11)15-10/h14-15H,2-9H2,1H3. The average molecular weight is 219 g/mol. The van der Waals surface area contributed by atoms with Crippen LogP contribution in [0.2, 0.25) is 0 Å². The molecule has 0 aromatic carbocycles. The minimum atomic E-state index is 1.12. The first-order chi connectivity index (χ1) is 7.86. The maximum atomic E-state index is 3.60. The summed E-state index contributed by atoms with van der Waals surface area (Å²) in [5, 5.41) is 3.42. The minimum Gasteiger partial charge on any atom is -0.367 e. The van der Waals surface area contributed by atoms with Gasteiger partial charge in [-0.1, -0.05) is 0 Å². The molecule has 1 saturated heterocycles. The second-order valence-corrected chi connectivity index (χ2v) is 5.00. The smallest absolute Gasteiger partial charge is 0.0610 e. The van der Waals surface area contributed by atoms with Gasteiger partial charge in [-0.15, -0.1) is 0 Å². The van der Waals surface area contributed by atoms with Crippen LogP contribution in [-0.2, 0) is 12.8 Å². The molecule has 0 spiro atoms. The van der Waals surface area contributed by atoms with Crippen LogP contribution in [0, 0.1) is 6.92 Å². The third-order valence-corrected chi connectivity index (χ3v) is 3.88. The molecule has 1 aliphatic carbocycles. The van der Waals surface area contributed by atoms with Crippen molar-refractivity contribution < 1.29 is 0 Å². The summed E-state index contributed by atoms with van der Waals surface area (Å²) < 4.78 is 0. The molecule has 0 bridgehead atoms. The molecule has 3 heteroatoms. The van der Waals surface area contributed by atoms with E-state index in [1.165, 1.54) is 42.8 Å². The molecule has 0 unspecified atom stereocenters. The van der Waals surface area contributed by atoms with Gasteiger partial charge in [-0.3, -0.25) is 0 Å². The van der Waals surface area contributed by atoms with E-state index in [9.17, 15) is 0 Å². The third-order valence-electron chi connectivity index (χ3n) is 3.88. The Balaban J connectivity index is 1.95. The normalized spacial score (nSPS) is 20.9. The van der Waals surface area contributed by atoms with E-state index in [-0.39, 0.29) is 0 Å². The topological polar surface area (TPSA) is 31.1 Å². The Morgan fingerprint density at radius 2 is 1.81 bits per heavy atom. The van der Waals surface area contributed by atoms with Crippen LogP contribution in [0.25, 0.3) is 0 Å². The molecule has 3 nitrogen and oxygen atoms in total. The predicted octanol–water partition coefficient (Wildman–Crippen LogP) is 1.61. The number of hydrogen-bond donors (Lipinski definition) is 2. The lowest BCUT2D eigenvalue weighted by atomic mass is 9.96. The number of nitrogens with one attached hydrogen (secondary N) is 2. The van der Waals surface area contributed by atoms with Crippen molar-refractivity contribution in [2.75, 3.05) is 31.1 Å². The van der Waals surface area contributed by atoms with Gasteiger partial charge in [-0.05, 0) is 38.2 Å². The number of piperazine rings is 1. The van der Waals surface area contributed by atoms with Crippen molar-refractivity contribution in [3.8, 4) is 0 Å². The molecule has 1 aromatic rings. The van der Waals surface area contributed by atoms with Crippen LogP contribution in [0.4, 0.5) is 5.69 Å². The van der Waals surface area contributed by atoms with E-state index in [0.29, 0.717) is 0 Å². The first-order valence-corrected chi connectivity index (χ1v) is 6.52. The van der Waals surface area contributed by atoms with Crippen LogP contribution in [-0.4, -0.2) is 31.2 Å². The molecule has 2 heterocycles. The summed E-state index contributed by atoms with van der Waals surface area (Å²) in [4.78, 5) is 6.16. The largest absolute Gasteiger partial charge is 0.367 e. The summed E-state index contributed by atoms with van der Waals surface area (Å²) in [5.74, 6) is 0. The quantitative estimate of drug-likeness (QED) is 0.752. The SMILES string of the molecule is Cc1[nH]c2c(c1N1CCNCC1)CCCC2. The van der Waals surface area contributed by atoms with E-state index in [1.807, 2.05) is 0 Å². The van der Waals surface area contributed by atoms with Crippen molar-refractivity contribution in [3.63, 3.8) is 0 Å². The molecule has 0 atom stereocenters. The van der Waals surface area contributed by atoms with Crippen LogP contribution in [0.5, 0.6) is 0 Å². The monoisotopic (exact) mass is 219 g/mol. The van der Waals surface area contributed by atoms with Crippen molar-refractivity contribution >= 4 is 5.69 Å². The number of anilines is 1. The summed E-state index contributed by atoms with van der Waals surface area (Å²) in [5.41, 5.74) is 6.04. The van der Waals surface area contributed by atoms with Gasteiger partial charge in [0, 0.05) is 37.6 Å². The lowest BCUT2D eigenvalue weighted by Gasteiger charge is -2.31. The minimum absolute atomic E-state index is 1.12. The number of aryl methyl sites for hydroxylation is 2. The van der Waals surface area contributed by atoms with Crippen LogP contribution in [0.15, 0.2) is 0 Å². The van der Waals surface area contributed by atoms with Crippen molar-refractivity contribution in [2.45, 2.75) is 32.6 Å². The summed E-state index contributed by atoms with van der Waals surface area (Å²) in [6.45, 7) is 6.80. The zero-order chi connectivity index (χ0) is 11.0. The first kappa shape index (κ1) is 10.2. The van der Waals surface area contributed by atoms with Gasteiger partial charge in [0.15, 0.2) is 0 Å². The van der Waals surface area contributed by atoms with Crippen LogP contribution in [0.3, 0.4) is 0 Å². The highest BCUT2D eigenvalue weighted by Crippen LogP contribution is 2.33. The Hall–Kier alpha value is -0.960. The fourth-order valence-electron chi connectivity index (χ4n) is 3.13. The number of aromatic nitrogens is 1. The van der Waals surface area contributed by atoms with Crippen molar-refractivity contribution in [1.29, 1.82) is 0 Å². The molecule has 0 saturated carbocycles. The van der Waals surface area contributed by atoms with Gasteiger partial charge < -0.3 is 15.2 Å². The van der Waals surface area contributed by atoms with Crippen molar-refractivity contribution in [3.05, 3.63) is 17.0 Å². The van der Waals surface area contributed by atoms with E-state index < -0.39 is 0 Å². The van der Waals surface area contributed by atoms with E-state index in [0.717, 1.165) is 26.2 Å². The second kappa shape index (κ2) is 4.13. The maximum absolute atomic E-state index is 3.60. The average Bonchev–Trinajstić information content (AvgIpc) is 2.66. The zero-order valence-electron chi connectivity index (χ0n) is 10.1. The number of nitrogens with zero attached hydrogens (tertiary/aromatic N) is 1. The highest BCUT2D eigenvalue weighted by Gasteiger charge is 2.22. The van der Waals surface area contributed by atoms with E-state index in [2.05, 4.69) is 22.1 Å². The Morgan fingerprint density at radius 1 is 1.06 bits per heavy atom. The fraction of sp³-hybridized carbons (Fsp3) is 0.692. The molecular formula is C13H21N3. The van der Waals surface area contributed by atoms with Gasteiger partial charge in [0.1, 0.15) is 0 Å². The first-order valence-electron chi connectivity index (χ1n) is 6.52. The molecule has 2 aliphatic rings. The Bertz CT molecular complexity index is 375. The lowest BCUT2D eigenvalue weighted by molar-refractivity contribution is 0.585. The molecule has 0 radical (unpaired) electrons. The van der Waals surface area contributed by atoms with Crippen molar-refractivity contribution in [2.24, 2.45) is 0 Å². The number of aromatic amines is 1. The van der Waals surface area contributed by atoms with E-state index in [1.54, 1.807) is 5.56 Å². The lowest BCUT2D eigenvalue weighted by Crippen LogP contribution is -2.44. The number of H-pyrrole nitrogens is 1. The highest BCUT2D eigenvalue weighted by molar-refractivity contribution is 5.61. The number of hydrogen-bond acceptors (Lipinski definition) is 2. The van der Waals surface area contributed by atoms with Gasteiger partial charge in [-0.2, -0.15) is 0 Å². The molecule has 3 rings (SSSR count). The molecule has 1 aromatic heterocycles. The third kappa shape index (κ3) is 1.63. The predicted molar refractivity (Wildman–Crippen MR) is 67.3 cm³/mol. The zero-order valence-corrected chi connectivity index (χ0v) is 10.1. The summed E-state index contributed by atoms with van der Waals surface area (Å²) in [7, 11) is 0. The van der Waals surface area contributed by atoms with Gasteiger partial charge in [0.25, 0.3) is 0 Å². The van der Waals surface area contributed by atoms with Gasteiger partial charge in [0.05, 0.1) is 5.69 Å². The summed E-state index contributed by atoms with van der Waals surface area (Å²) in [6.07, 6.45) is 5.25. The number of fused-ring (bicyclic) bond motifs is 1. The summed E-state index contributed by atoms with van der Waals surface area (Å²) >= 11 is 0. The Morgan fingerprint density at radius 3 is 2.62 bits per heavy atom. The Kier molecular flexibility index (Phi) is 2.64. The molecular weight excluding hydrogens is 198 g/mol. The highest BCUT2D eigenvalue weighted by atomic mass is 15.2. The summed E-state index contributed by atoms with van der Waals surface area (Å²) in [6, 6.07) is 0. The number of rotatable bonds is 1. The van der Waals surface area contributed by atoms with Crippen LogP contribution in [0.1, 0.15) is 29.8 Å². The van der Waals surface area contributed by atoms with E-state index >= 15 is 0 Å². The van der Waals surface area contributed by atoms with Gasteiger partial charge >= 0.3 is 0 Å². The second-order valence-electron chi connectivity index (χ2n) is 5.00. The van der Waals surface area contributed by atoms with Gasteiger partial charge in [-0.25, -0.2) is 0 Å². The molecule has 16 heavy (non-hydrogen) atoms. The fourth-order valence-corrected chi connectivity index (χ4v) is 3.13. The molecule has 2 N–H and O–H groups in total. The van der Waals surface area contributed by atoms with Gasteiger partial charge in [0.2, 0.25) is 0 Å². The Labute approximate surface area is 97.2 Å². The molecule has 0 amide bonds.